The van der Waals surface area contributed by atoms with E-state index in [2.05, 4.69) is 20.9 Å². The number of nitrogens with zero attached hydrogens (tertiary/aromatic N) is 3. The highest BCUT2D eigenvalue weighted by Crippen LogP contribution is 2.07. The minimum atomic E-state index is -0.424. The Labute approximate surface area is 94.9 Å². The fraction of sp³-hybridized carbons (Fsp3) is 0.667. The third-order valence-corrected chi connectivity index (χ3v) is 2.92. The van der Waals surface area contributed by atoms with Crippen molar-refractivity contribution in [3.8, 4) is 0 Å². The second kappa shape index (κ2) is 4.30. The van der Waals surface area contributed by atoms with Gasteiger partial charge in [0.05, 0.1) is 0 Å². The van der Waals surface area contributed by atoms with Gasteiger partial charge >= 0.3 is 11.4 Å². The number of hydrogen-bond acceptors (Lipinski definition) is 3. The smallest absolute Gasteiger partial charge is 0.281 e. The van der Waals surface area contributed by atoms with Gasteiger partial charge in [-0.3, -0.25) is 4.57 Å². The number of aryl methyl sites for hydroxylation is 1. The van der Waals surface area contributed by atoms with Crippen molar-refractivity contribution in [2.24, 2.45) is 0 Å². The van der Waals surface area contributed by atoms with Crippen LogP contribution in [0.5, 0.6) is 0 Å². The molecule has 0 N–H and O–H groups in total. The monoisotopic (exact) mass is 273 g/mol. The van der Waals surface area contributed by atoms with Crippen LogP contribution in [-0.2, 0) is 19.5 Å². The summed E-state index contributed by atoms with van der Waals surface area (Å²) in [5, 5.41) is 0.586. The van der Waals surface area contributed by atoms with Crippen molar-refractivity contribution in [2.75, 3.05) is 5.33 Å². The van der Waals surface area contributed by atoms with Crippen LogP contribution in [0.15, 0.2) is 9.59 Å². The maximum atomic E-state index is 11.9. The molecule has 0 spiro atoms. The zero-order valence-corrected chi connectivity index (χ0v) is 9.86. The third-order valence-electron chi connectivity index (χ3n) is 2.57. The molecule has 2 rings (SSSR count). The zero-order valence-electron chi connectivity index (χ0n) is 8.28. The van der Waals surface area contributed by atoms with Gasteiger partial charge in [0, 0.05) is 24.8 Å². The Morgan fingerprint density at radius 3 is 2.87 bits per heavy atom. The Kier molecular flexibility index (Phi) is 3.04. The lowest BCUT2D eigenvalue weighted by Gasteiger charge is -2.17. The molecular formula is C9H12BrN3O2. The first-order chi connectivity index (χ1) is 7.24. The Balaban J connectivity index is 2.59. The second-order valence-electron chi connectivity index (χ2n) is 3.54. The van der Waals surface area contributed by atoms with Crippen molar-refractivity contribution >= 4 is 15.9 Å². The number of alkyl halides is 1. The molecule has 1 aliphatic rings. The van der Waals surface area contributed by atoms with Crippen LogP contribution in [0.3, 0.4) is 0 Å². The fourth-order valence-corrected chi connectivity index (χ4v) is 2.17. The molecule has 0 fully saturated rings. The maximum Gasteiger partial charge on any atom is 0.353 e. The molecule has 15 heavy (non-hydrogen) atoms. The summed E-state index contributed by atoms with van der Waals surface area (Å²) < 4.78 is 2.80. The van der Waals surface area contributed by atoms with E-state index >= 15 is 0 Å². The van der Waals surface area contributed by atoms with E-state index in [1.54, 1.807) is 4.57 Å². The fourth-order valence-electron chi connectivity index (χ4n) is 1.81. The van der Waals surface area contributed by atoms with E-state index in [-0.39, 0.29) is 5.69 Å². The summed E-state index contributed by atoms with van der Waals surface area (Å²) in [5.74, 6) is 0.641. The summed E-state index contributed by atoms with van der Waals surface area (Å²) in [5.41, 5.74) is -0.642. The van der Waals surface area contributed by atoms with E-state index in [1.807, 2.05) is 0 Å². The van der Waals surface area contributed by atoms with E-state index in [1.165, 1.54) is 4.57 Å². The predicted molar refractivity (Wildman–Crippen MR) is 59.5 cm³/mol. The van der Waals surface area contributed by atoms with Gasteiger partial charge in [-0.2, -0.15) is 4.98 Å². The molecule has 0 unspecified atom stereocenters. The normalized spacial score (nSPS) is 15.0. The molecule has 0 amide bonds. The van der Waals surface area contributed by atoms with Crippen molar-refractivity contribution in [2.45, 2.75) is 32.4 Å². The van der Waals surface area contributed by atoms with E-state index in [4.69, 9.17) is 0 Å². The Morgan fingerprint density at radius 2 is 2.13 bits per heavy atom. The number of fused-ring (bicyclic) bond motifs is 1. The second-order valence-corrected chi connectivity index (χ2v) is 4.34. The number of rotatable bonds is 2. The van der Waals surface area contributed by atoms with Crippen LogP contribution < -0.4 is 11.4 Å². The van der Waals surface area contributed by atoms with E-state index in [0.29, 0.717) is 24.2 Å². The molecule has 0 saturated carbocycles. The molecule has 5 nitrogen and oxygen atoms in total. The van der Waals surface area contributed by atoms with E-state index < -0.39 is 5.69 Å². The number of halogens is 1. The molecule has 0 radical (unpaired) electrons. The van der Waals surface area contributed by atoms with Crippen molar-refractivity contribution in [1.82, 2.24) is 14.1 Å². The molecule has 0 atom stereocenters. The molecule has 2 heterocycles. The molecule has 1 aromatic heterocycles. The van der Waals surface area contributed by atoms with Crippen LogP contribution in [0.4, 0.5) is 0 Å². The van der Waals surface area contributed by atoms with Crippen molar-refractivity contribution < 1.29 is 0 Å². The van der Waals surface area contributed by atoms with Gasteiger partial charge in [-0.05, 0) is 12.8 Å². The molecule has 6 heteroatoms. The summed E-state index contributed by atoms with van der Waals surface area (Å²) >= 11 is 3.21. The summed E-state index contributed by atoms with van der Waals surface area (Å²) in [4.78, 5) is 27.4. The Bertz CT molecular complexity index is 477. The van der Waals surface area contributed by atoms with Crippen LogP contribution in [0.1, 0.15) is 18.7 Å². The predicted octanol–water partition coefficient (Wildman–Crippen LogP) is 0.136. The first-order valence-corrected chi connectivity index (χ1v) is 6.12. The lowest BCUT2D eigenvalue weighted by Crippen LogP contribution is -2.44. The Morgan fingerprint density at radius 1 is 1.33 bits per heavy atom. The topological polar surface area (TPSA) is 56.9 Å². The summed E-state index contributed by atoms with van der Waals surface area (Å²) in [7, 11) is 0. The minimum absolute atomic E-state index is 0.218. The van der Waals surface area contributed by atoms with Crippen LogP contribution in [-0.4, -0.2) is 19.4 Å². The average Bonchev–Trinajstić information content (AvgIpc) is 2.24. The highest BCUT2D eigenvalue weighted by Gasteiger charge is 2.15. The third kappa shape index (κ3) is 1.90. The maximum absolute atomic E-state index is 11.9. The van der Waals surface area contributed by atoms with Gasteiger partial charge in [0.25, 0.3) is 0 Å². The van der Waals surface area contributed by atoms with Gasteiger partial charge in [0.15, 0.2) is 0 Å². The molecule has 1 aromatic rings. The lowest BCUT2D eigenvalue weighted by atomic mass is 10.2. The lowest BCUT2D eigenvalue weighted by molar-refractivity contribution is 0.449. The quantitative estimate of drug-likeness (QED) is 0.721. The molecule has 0 aliphatic carbocycles. The highest BCUT2D eigenvalue weighted by atomic mass is 79.9. The highest BCUT2D eigenvalue weighted by molar-refractivity contribution is 9.09. The van der Waals surface area contributed by atoms with E-state index in [0.717, 1.165) is 19.3 Å². The van der Waals surface area contributed by atoms with Gasteiger partial charge in [0.1, 0.15) is 5.82 Å². The summed E-state index contributed by atoms with van der Waals surface area (Å²) in [6.45, 7) is 1.06. The van der Waals surface area contributed by atoms with Gasteiger partial charge in [0.2, 0.25) is 0 Å². The first-order valence-electron chi connectivity index (χ1n) is 5.00. The van der Waals surface area contributed by atoms with Crippen LogP contribution in [0.25, 0.3) is 0 Å². The molecule has 0 bridgehead atoms. The molecule has 0 saturated heterocycles. The zero-order chi connectivity index (χ0) is 10.8. The largest absolute Gasteiger partial charge is 0.353 e. The summed E-state index contributed by atoms with van der Waals surface area (Å²) in [6, 6.07) is 0. The molecule has 1 aliphatic heterocycles. The van der Waals surface area contributed by atoms with Crippen LogP contribution in [0, 0.1) is 0 Å². The van der Waals surface area contributed by atoms with Gasteiger partial charge in [-0.25, -0.2) is 14.2 Å². The Hall–Kier alpha value is -0.910. The SMILES string of the molecule is O=c1nc2n(c(=O)n1CCBr)CCCC2. The number of hydrogen-bond donors (Lipinski definition) is 0. The summed E-state index contributed by atoms with van der Waals surface area (Å²) in [6.07, 6.45) is 2.73. The van der Waals surface area contributed by atoms with Gasteiger partial charge in [-0.1, -0.05) is 15.9 Å². The average molecular weight is 274 g/mol. The van der Waals surface area contributed by atoms with E-state index in [9.17, 15) is 9.59 Å². The first kappa shape index (κ1) is 10.6. The van der Waals surface area contributed by atoms with Gasteiger partial charge < -0.3 is 0 Å². The van der Waals surface area contributed by atoms with Crippen LogP contribution >= 0.6 is 15.9 Å². The molecule has 0 aromatic carbocycles. The minimum Gasteiger partial charge on any atom is -0.281 e. The van der Waals surface area contributed by atoms with Gasteiger partial charge in [-0.15, -0.1) is 0 Å². The molecular weight excluding hydrogens is 262 g/mol. The van der Waals surface area contributed by atoms with Crippen LogP contribution in [0.2, 0.25) is 0 Å². The molecule has 82 valence electrons. The standard InChI is InChI=1S/C9H12BrN3O2/c10-4-6-13-8(14)11-7-3-1-2-5-12(7)9(13)15/h1-6H2. The van der Waals surface area contributed by atoms with Crippen molar-refractivity contribution in [1.29, 1.82) is 0 Å². The number of aromatic nitrogens is 3. The van der Waals surface area contributed by atoms with Crippen molar-refractivity contribution in [3.63, 3.8) is 0 Å². The van der Waals surface area contributed by atoms with Crippen molar-refractivity contribution in [3.05, 3.63) is 26.8 Å².